The summed E-state index contributed by atoms with van der Waals surface area (Å²) >= 11 is 0. The first-order valence-corrected chi connectivity index (χ1v) is 9.69. The lowest BCUT2D eigenvalue weighted by atomic mass is 10.2. The number of anilines is 2. The fraction of sp³-hybridized carbons (Fsp3) is 0.375. The second-order valence-corrected chi connectivity index (χ2v) is 8.16. The molecule has 0 spiro atoms. The SMILES string of the molecule is CCCS(=N)(=O)c1nc(N)c2c(n1)N(Cc1ccc(C)nc1)C(=O)C2. The van der Waals surface area contributed by atoms with Crippen LogP contribution in [0.25, 0.3) is 0 Å². The summed E-state index contributed by atoms with van der Waals surface area (Å²) < 4.78 is 20.5. The Morgan fingerprint density at radius 2 is 2.12 bits per heavy atom. The third-order valence-corrected chi connectivity index (χ3v) is 5.74. The molecule has 9 heteroatoms. The molecule has 0 aromatic carbocycles. The summed E-state index contributed by atoms with van der Waals surface area (Å²) in [4.78, 5) is 26.4. The van der Waals surface area contributed by atoms with Gasteiger partial charge in [-0.3, -0.25) is 14.7 Å². The highest BCUT2D eigenvalue weighted by molar-refractivity contribution is 7.92. The van der Waals surface area contributed by atoms with E-state index in [1.807, 2.05) is 26.0 Å². The van der Waals surface area contributed by atoms with Gasteiger partial charge in [0.15, 0.2) is 0 Å². The van der Waals surface area contributed by atoms with Crippen molar-refractivity contribution < 1.29 is 9.00 Å². The minimum atomic E-state index is -3.13. The highest BCUT2D eigenvalue weighted by atomic mass is 32.2. The average Bonchev–Trinajstić information content (AvgIpc) is 2.86. The molecule has 0 fully saturated rings. The summed E-state index contributed by atoms with van der Waals surface area (Å²) in [6.45, 7) is 4.02. The van der Waals surface area contributed by atoms with Crippen LogP contribution in [0.1, 0.15) is 30.2 Å². The van der Waals surface area contributed by atoms with E-state index in [1.165, 1.54) is 4.90 Å². The van der Waals surface area contributed by atoms with Crippen molar-refractivity contribution in [3.8, 4) is 0 Å². The fourth-order valence-corrected chi connectivity index (χ4v) is 3.93. The molecule has 0 saturated heterocycles. The van der Waals surface area contributed by atoms with Gasteiger partial charge in [0.2, 0.25) is 11.1 Å². The number of hydrogen-bond acceptors (Lipinski definition) is 7. The van der Waals surface area contributed by atoms with E-state index in [-0.39, 0.29) is 29.1 Å². The normalized spacial score (nSPS) is 15.9. The van der Waals surface area contributed by atoms with Gasteiger partial charge in [-0.05, 0) is 25.0 Å². The molecule has 1 amide bonds. The molecule has 1 atom stereocenters. The Hall–Kier alpha value is -2.55. The third-order valence-electron chi connectivity index (χ3n) is 3.98. The Kier molecular flexibility index (Phi) is 4.42. The first-order valence-electron chi connectivity index (χ1n) is 7.96. The van der Waals surface area contributed by atoms with Gasteiger partial charge in [0.25, 0.3) is 0 Å². The summed E-state index contributed by atoms with van der Waals surface area (Å²) in [5, 5.41) is -0.104. The summed E-state index contributed by atoms with van der Waals surface area (Å²) in [7, 11) is -3.13. The van der Waals surface area contributed by atoms with Crippen LogP contribution in [0.3, 0.4) is 0 Å². The maximum atomic E-state index is 12.5. The highest BCUT2D eigenvalue weighted by Crippen LogP contribution is 2.32. The number of nitrogen functional groups attached to an aromatic ring is 1. The van der Waals surface area contributed by atoms with Gasteiger partial charge in [0.1, 0.15) is 21.4 Å². The number of nitrogens with two attached hydrogens (primary N) is 1. The largest absolute Gasteiger partial charge is 0.383 e. The van der Waals surface area contributed by atoms with Crippen molar-refractivity contribution in [1.82, 2.24) is 15.0 Å². The topological polar surface area (TPSA) is 126 Å². The molecule has 3 rings (SSSR count). The monoisotopic (exact) mass is 360 g/mol. The van der Waals surface area contributed by atoms with E-state index in [0.717, 1.165) is 11.3 Å². The molecule has 0 aliphatic carbocycles. The first-order chi connectivity index (χ1) is 11.8. The van der Waals surface area contributed by atoms with Crippen molar-refractivity contribution in [1.29, 1.82) is 4.78 Å². The quantitative estimate of drug-likeness (QED) is 0.781. The number of rotatable bonds is 5. The number of fused-ring (bicyclic) bond motifs is 1. The van der Waals surface area contributed by atoms with Gasteiger partial charge in [-0.15, -0.1) is 0 Å². The molecule has 0 bridgehead atoms. The molecule has 8 nitrogen and oxygen atoms in total. The van der Waals surface area contributed by atoms with E-state index in [1.54, 1.807) is 6.20 Å². The van der Waals surface area contributed by atoms with Crippen LogP contribution < -0.4 is 10.6 Å². The van der Waals surface area contributed by atoms with Crippen molar-refractivity contribution in [3.63, 3.8) is 0 Å². The van der Waals surface area contributed by atoms with E-state index in [9.17, 15) is 9.00 Å². The Labute approximate surface area is 146 Å². The average molecular weight is 360 g/mol. The zero-order valence-electron chi connectivity index (χ0n) is 14.2. The minimum absolute atomic E-state index is 0.104. The lowest BCUT2D eigenvalue weighted by Gasteiger charge is -2.17. The third kappa shape index (κ3) is 3.32. The highest BCUT2D eigenvalue weighted by Gasteiger charge is 2.33. The van der Waals surface area contributed by atoms with Crippen LogP contribution >= 0.6 is 0 Å². The first kappa shape index (κ1) is 17.3. The van der Waals surface area contributed by atoms with Gasteiger partial charge in [0, 0.05) is 23.2 Å². The number of amides is 1. The van der Waals surface area contributed by atoms with Crippen LogP contribution in [0.2, 0.25) is 0 Å². The molecule has 0 saturated carbocycles. The molecule has 0 radical (unpaired) electrons. The van der Waals surface area contributed by atoms with Gasteiger partial charge in [0.05, 0.1) is 13.0 Å². The Balaban J connectivity index is 2.01. The van der Waals surface area contributed by atoms with Gasteiger partial charge in [-0.2, -0.15) is 0 Å². The molecular formula is C16H20N6O2S. The maximum absolute atomic E-state index is 12.5. The summed E-state index contributed by atoms with van der Waals surface area (Å²) in [6, 6.07) is 3.76. The van der Waals surface area contributed by atoms with Gasteiger partial charge in [-0.1, -0.05) is 13.0 Å². The molecule has 132 valence electrons. The van der Waals surface area contributed by atoms with Crippen LogP contribution in [-0.2, 0) is 27.5 Å². The molecule has 1 aliphatic heterocycles. The summed E-state index contributed by atoms with van der Waals surface area (Å²) in [6.07, 6.45) is 2.38. The lowest BCUT2D eigenvalue weighted by molar-refractivity contribution is -0.117. The molecule has 25 heavy (non-hydrogen) atoms. The van der Waals surface area contributed by atoms with Crippen LogP contribution in [-0.4, -0.2) is 30.8 Å². The molecular weight excluding hydrogens is 340 g/mol. The fourth-order valence-electron chi connectivity index (χ4n) is 2.69. The number of carbonyl (C=O) groups is 1. The van der Waals surface area contributed by atoms with Crippen LogP contribution in [0, 0.1) is 11.7 Å². The zero-order chi connectivity index (χ0) is 18.2. The molecule has 2 aromatic heterocycles. The van der Waals surface area contributed by atoms with E-state index < -0.39 is 9.73 Å². The summed E-state index contributed by atoms with van der Waals surface area (Å²) in [5.41, 5.74) is 8.22. The zero-order valence-corrected chi connectivity index (χ0v) is 15.0. The lowest BCUT2D eigenvalue weighted by Crippen LogP contribution is -2.27. The standard InChI is InChI=1S/C16H20N6O2S/c1-3-6-25(18,24)16-20-14(17)12-7-13(23)22(15(12)21-16)9-11-5-4-10(2)19-8-11/h4-5,8,18H,3,6-7,9H2,1-2H3,(H2,17,20,21). The van der Waals surface area contributed by atoms with Crippen molar-refractivity contribution in [2.75, 3.05) is 16.4 Å². The van der Waals surface area contributed by atoms with E-state index in [0.29, 0.717) is 24.3 Å². The smallest absolute Gasteiger partial charge is 0.233 e. The van der Waals surface area contributed by atoms with Crippen molar-refractivity contribution in [2.45, 2.75) is 38.4 Å². The minimum Gasteiger partial charge on any atom is -0.383 e. The van der Waals surface area contributed by atoms with Gasteiger partial charge < -0.3 is 5.73 Å². The van der Waals surface area contributed by atoms with Gasteiger partial charge >= 0.3 is 0 Å². The van der Waals surface area contributed by atoms with Crippen molar-refractivity contribution in [2.24, 2.45) is 0 Å². The number of aromatic nitrogens is 3. The molecule has 1 aliphatic rings. The summed E-state index contributed by atoms with van der Waals surface area (Å²) in [5.74, 6) is 0.472. The number of pyridine rings is 1. The second kappa shape index (κ2) is 6.40. The predicted octanol–water partition coefficient (Wildman–Crippen LogP) is 1.67. The molecule has 2 aromatic rings. The van der Waals surface area contributed by atoms with E-state index in [2.05, 4.69) is 15.0 Å². The second-order valence-electron chi connectivity index (χ2n) is 6.04. The predicted molar refractivity (Wildman–Crippen MR) is 94.6 cm³/mol. The number of nitrogens with one attached hydrogen (secondary N) is 1. The maximum Gasteiger partial charge on any atom is 0.233 e. The van der Waals surface area contributed by atoms with Gasteiger partial charge in [-0.25, -0.2) is 19.0 Å². The van der Waals surface area contributed by atoms with Crippen LogP contribution in [0.4, 0.5) is 11.6 Å². The molecule has 1 unspecified atom stereocenters. The molecule has 3 heterocycles. The molecule has 3 N–H and O–H groups in total. The Bertz CT molecular complexity index is 924. The van der Waals surface area contributed by atoms with E-state index in [4.69, 9.17) is 10.5 Å². The number of carbonyl (C=O) groups excluding carboxylic acids is 1. The van der Waals surface area contributed by atoms with E-state index >= 15 is 0 Å². The van der Waals surface area contributed by atoms with Crippen LogP contribution in [0.15, 0.2) is 23.5 Å². The number of hydrogen-bond donors (Lipinski definition) is 2. The number of nitrogens with zero attached hydrogens (tertiary/aromatic N) is 4. The van der Waals surface area contributed by atoms with Crippen LogP contribution in [0.5, 0.6) is 0 Å². The van der Waals surface area contributed by atoms with Crippen molar-refractivity contribution >= 4 is 27.3 Å². The Morgan fingerprint density at radius 1 is 1.36 bits per heavy atom. The number of aryl methyl sites for hydroxylation is 1. The Morgan fingerprint density at radius 3 is 2.76 bits per heavy atom. The van der Waals surface area contributed by atoms with Crippen molar-refractivity contribution in [3.05, 3.63) is 35.2 Å².